The molecule has 0 radical (unpaired) electrons. The number of aryl methyl sites for hydroxylation is 1. The van der Waals surface area contributed by atoms with Gasteiger partial charge in [0.25, 0.3) is 5.91 Å². The van der Waals surface area contributed by atoms with Crippen molar-refractivity contribution in [2.24, 2.45) is 5.73 Å². The molecule has 0 aromatic carbocycles. The molecule has 9 heteroatoms. The summed E-state index contributed by atoms with van der Waals surface area (Å²) in [6, 6.07) is 4.02. The van der Waals surface area contributed by atoms with Crippen LogP contribution < -0.4 is 15.4 Å². The predicted molar refractivity (Wildman–Crippen MR) is 121 cm³/mol. The van der Waals surface area contributed by atoms with Gasteiger partial charge in [0.2, 0.25) is 0 Å². The molecule has 2 saturated heterocycles. The highest BCUT2D eigenvalue weighted by atomic mass is 32.1. The second-order valence-electron chi connectivity index (χ2n) is 8.44. The number of carbonyl (C=O) groups is 1. The zero-order valence-corrected chi connectivity index (χ0v) is 18.8. The number of methoxy groups -OCH3 is 1. The lowest BCUT2D eigenvalue weighted by Gasteiger charge is -2.34. The number of ether oxygens (including phenoxy) is 1. The average Bonchev–Trinajstić information content (AvgIpc) is 3.51. The summed E-state index contributed by atoms with van der Waals surface area (Å²) < 4.78 is 7.23. The number of hydrogen-bond acceptors (Lipinski definition) is 7. The highest BCUT2D eigenvalue weighted by Crippen LogP contribution is 2.35. The SMILES string of the molecule is COc1ccsc1C(=O)N1CCCC[C@H]1c1cc2nc(N3CC[C@H](N)C3)c(C)cn2n1. The number of thiophene rings is 1. The van der Waals surface area contributed by atoms with Gasteiger partial charge in [-0.1, -0.05) is 0 Å². The van der Waals surface area contributed by atoms with Crippen LogP contribution in [0.25, 0.3) is 5.65 Å². The van der Waals surface area contributed by atoms with Gasteiger partial charge >= 0.3 is 0 Å². The molecule has 164 valence electrons. The monoisotopic (exact) mass is 440 g/mol. The van der Waals surface area contributed by atoms with Gasteiger partial charge in [-0.2, -0.15) is 5.10 Å². The largest absolute Gasteiger partial charge is 0.495 e. The molecule has 0 spiro atoms. The van der Waals surface area contributed by atoms with E-state index >= 15 is 0 Å². The molecule has 0 unspecified atom stereocenters. The minimum Gasteiger partial charge on any atom is -0.495 e. The highest BCUT2D eigenvalue weighted by Gasteiger charge is 2.33. The number of aromatic nitrogens is 3. The van der Waals surface area contributed by atoms with E-state index in [4.69, 9.17) is 20.6 Å². The fourth-order valence-corrected chi connectivity index (χ4v) is 5.52. The van der Waals surface area contributed by atoms with Crippen molar-refractivity contribution in [1.82, 2.24) is 19.5 Å². The van der Waals surface area contributed by atoms with E-state index in [1.807, 2.05) is 33.1 Å². The molecule has 2 aliphatic heterocycles. The van der Waals surface area contributed by atoms with Gasteiger partial charge < -0.3 is 20.3 Å². The summed E-state index contributed by atoms with van der Waals surface area (Å²) in [6.07, 6.45) is 5.99. The zero-order valence-electron chi connectivity index (χ0n) is 18.0. The summed E-state index contributed by atoms with van der Waals surface area (Å²) in [5, 5.41) is 6.72. The smallest absolute Gasteiger partial charge is 0.268 e. The van der Waals surface area contributed by atoms with Gasteiger partial charge in [-0.05, 0) is 44.1 Å². The third-order valence-electron chi connectivity index (χ3n) is 6.30. The Labute approximate surface area is 185 Å². The fraction of sp³-hybridized carbons (Fsp3) is 0.500. The molecule has 5 heterocycles. The Bertz CT molecular complexity index is 1110. The molecule has 8 nitrogen and oxygen atoms in total. The number of nitrogens with two attached hydrogens (primary N) is 1. The number of fused-ring (bicyclic) bond motifs is 1. The van der Waals surface area contributed by atoms with Crippen LogP contribution in [0.2, 0.25) is 0 Å². The Balaban J connectivity index is 1.47. The minimum absolute atomic E-state index is 0.0180. The van der Waals surface area contributed by atoms with E-state index in [0.29, 0.717) is 10.6 Å². The average molecular weight is 441 g/mol. The highest BCUT2D eigenvalue weighted by molar-refractivity contribution is 7.12. The molecule has 3 aromatic rings. The number of piperidine rings is 1. The minimum atomic E-state index is -0.0567. The van der Waals surface area contributed by atoms with Crippen LogP contribution in [-0.4, -0.2) is 58.2 Å². The Morgan fingerprint density at radius 1 is 1.29 bits per heavy atom. The first kappa shape index (κ1) is 20.3. The molecular weight excluding hydrogens is 412 g/mol. The molecule has 5 rings (SSSR count). The first-order valence-electron chi connectivity index (χ1n) is 10.8. The summed E-state index contributed by atoms with van der Waals surface area (Å²) >= 11 is 1.43. The molecule has 1 amide bonds. The van der Waals surface area contributed by atoms with Gasteiger partial charge in [-0.15, -0.1) is 11.3 Å². The molecule has 2 fully saturated rings. The second kappa shape index (κ2) is 8.12. The number of rotatable bonds is 4. The Kier molecular flexibility index (Phi) is 5.31. The predicted octanol–water partition coefficient (Wildman–Crippen LogP) is 3.01. The maximum atomic E-state index is 13.3. The van der Waals surface area contributed by atoms with E-state index in [2.05, 4.69) is 11.8 Å². The zero-order chi connectivity index (χ0) is 21.5. The standard InChI is InChI=1S/C22H28N6O2S/c1-14-12-28-19(24-21(14)26-9-6-15(23)13-26)11-16(25-28)17-5-3-4-8-27(17)22(29)20-18(30-2)7-10-31-20/h7,10-12,15,17H,3-6,8-9,13,23H2,1-2H3/t15-,17-/m0/s1. The van der Waals surface area contributed by atoms with Crippen LogP contribution >= 0.6 is 11.3 Å². The van der Waals surface area contributed by atoms with Crippen LogP contribution in [0, 0.1) is 6.92 Å². The number of likely N-dealkylation sites (tertiary alicyclic amines) is 1. The summed E-state index contributed by atoms with van der Waals surface area (Å²) in [5.74, 6) is 1.64. The van der Waals surface area contributed by atoms with Crippen LogP contribution in [0.15, 0.2) is 23.7 Å². The quantitative estimate of drug-likeness (QED) is 0.671. The van der Waals surface area contributed by atoms with Crippen molar-refractivity contribution in [2.75, 3.05) is 31.6 Å². The van der Waals surface area contributed by atoms with Crippen LogP contribution in [0.4, 0.5) is 5.82 Å². The molecule has 0 saturated carbocycles. The van der Waals surface area contributed by atoms with Gasteiger partial charge in [0.15, 0.2) is 5.65 Å². The maximum Gasteiger partial charge on any atom is 0.268 e. The maximum absolute atomic E-state index is 13.3. The summed E-state index contributed by atoms with van der Waals surface area (Å²) in [6.45, 7) is 4.55. The number of hydrogen-bond donors (Lipinski definition) is 1. The van der Waals surface area contributed by atoms with Crippen molar-refractivity contribution in [3.63, 3.8) is 0 Å². The normalized spacial score (nSPS) is 21.8. The number of anilines is 1. The Hall–Kier alpha value is -2.65. The lowest BCUT2D eigenvalue weighted by molar-refractivity contribution is 0.0608. The molecule has 0 aliphatic carbocycles. The summed E-state index contributed by atoms with van der Waals surface area (Å²) in [4.78, 5) is 23.1. The first-order valence-corrected chi connectivity index (χ1v) is 11.7. The van der Waals surface area contributed by atoms with E-state index in [-0.39, 0.29) is 18.0 Å². The summed E-state index contributed by atoms with van der Waals surface area (Å²) in [5.41, 5.74) is 8.88. The lowest BCUT2D eigenvalue weighted by atomic mass is 9.99. The van der Waals surface area contributed by atoms with E-state index in [1.165, 1.54) is 11.3 Å². The third-order valence-corrected chi connectivity index (χ3v) is 7.18. The first-order chi connectivity index (χ1) is 15.0. The molecule has 3 aromatic heterocycles. The van der Waals surface area contributed by atoms with E-state index in [1.54, 1.807) is 7.11 Å². The molecule has 2 N–H and O–H groups in total. The van der Waals surface area contributed by atoms with Gasteiger partial charge in [0.1, 0.15) is 16.4 Å². The van der Waals surface area contributed by atoms with Gasteiger partial charge in [0, 0.05) is 43.5 Å². The van der Waals surface area contributed by atoms with Crippen LogP contribution in [-0.2, 0) is 0 Å². The van der Waals surface area contributed by atoms with Crippen molar-refractivity contribution in [1.29, 1.82) is 0 Å². The lowest BCUT2D eigenvalue weighted by Crippen LogP contribution is -2.38. The van der Waals surface area contributed by atoms with E-state index in [0.717, 1.165) is 68.0 Å². The number of carbonyl (C=O) groups excluding carboxylic acids is 1. The van der Waals surface area contributed by atoms with Crippen molar-refractivity contribution in [2.45, 2.75) is 44.7 Å². The molecule has 31 heavy (non-hydrogen) atoms. The van der Waals surface area contributed by atoms with Gasteiger partial charge in [-0.25, -0.2) is 9.50 Å². The Morgan fingerprint density at radius 3 is 2.94 bits per heavy atom. The van der Waals surface area contributed by atoms with E-state index < -0.39 is 0 Å². The molecule has 2 aliphatic rings. The molecular formula is C22H28N6O2S. The van der Waals surface area contributed by atoms with Crippen LogP contribution in [0.5, 0.6) is 5.75 Å². The van der Waals surface area contributed by atoms with Crippen LogP contribution in [0.1, 0.15) is 52.7 Å². The number of nitrogens with zero attached hydrogens (tertiary/aromatic N) is 5. The van der Waals surface area contributed by atoms with Crippen LogP contribution in [0.3, 0.4) is 0 Å². The van der Waals surface area contributed by atoms with Crippen molar-refractivity contribution in [3.8, 4) is 5.75 Å². The number of amides is 1. The van der Waals surface area contributed by atoms with Crippen molar-refractivity contribution < 1.29 is 9.53 Å². The van der Waals surface area contributed by atoms with Gasteiger partial charge in [-0.3, -0.25) is 4.79 Å². The van der Waals surface area contributed by atoms with Crippen molar-refractivity contribution >= 4 is 28.7 Å². The van der Waals surface area contributed by atoms with Gasteiger partial charge in [0.05, 0.1) is 18.8 Å². The second-order valence-corrected chi connectivity index (χ2v) is 9.36. The van der Waals surface area contributed by atoms with E-state index in [9.17, 15) is 4.79 Å². The topological polar surface area (TPSA) is 89.0 Å². The molecule has 2 atom stereocenters. The molecule has 0 bridgehead atoms. The summed E-state index contributed by atoms with van der Waals surface area (Å²) in [7, 11) is 1.60. The third kappa shape index (κ3) is 3.65. The Morgan fingerprint density at radius 2 is 2.16 bits per heavy atom. The van der Waals surface area contributed by atoms with Crippen molar-refractivity contribution in [3.05, 3.63) is 39.8 Å². The fourth-order valence-electron chi connectivity index (χ4n) is 4.71.